The van der Waals surface area contributed by atoms with E-state index in [1.165, 1.54) is 0 Å². The molecule has 0 amide bonds. The maximum atomic E-state index is 6.51. The summed E-state index contributed by atoms with van der Waals surface area (Å²) < 4.78 is 12.2. The van der Waals surface area contributed by atoms with Crippen LogP contribution in [0.1, 0.15) is 27.7 Å². The van der Waals surface area contributed by atoms with Crippen LogP contribution in [0.15, 0.2) is 18.2 Å². The van der Waals surface area contributed by atoms with Crippen LogP contribution in [-0.2, 0) is 9.31 Å². The Labute approximate surface area is 138 Å². The van der Waals surface area contributed by atoms with Crippen LogP contribution in [0, 0.1) is 0 Å². The van der Waals surface area contributed by atoms with Crippen LogP contribution >= 0.6 is 11.6 Å². The molecule has 6 heteroatoms. The molecule has 0 spiro atoms. The molecule has 0 unspecified atom stereocenters. The summed E-state index contributed by atoms with van der Waals surface area (Å²) in [4.78, 5) is 2.34. The Morgan fingerprint density at radius 2 is 1.68 bits per heavy atom. The highest BCUT2D eigenvalue weighted by atomic mass is 35.5. The molecule has 4 nitrogen and oxygen atoms in total. The Hall–Kier alpha value is -0.745. The van der Waals surface area contributed by atoms with Crippen LogP contribution in [0.4, 0.5) is 5.69 Å². The van der Waals surface area contributed by atoms with Crippen molar-refractivity contribution in [2.45, 2.75) is 38.9 Å². The third-order valence-corrected chi connectivity index (χ3v) is 5.30. The van der Waals surface area contributed by atoms with Gasteiger partial charge in [0.05, 0.1) is 11.2 Å². The van der Waals surface area contributed by atoms with Gasteiger partial charge in [-0.25, -0.2) is 0 Å². The first-order chi connectivity index (χ1) is 10.3. The Balaban J connectivity index is 1.81. The second kappa shape index (κ2) is 5.71. The van der Waals surface area contributed by atoms with Crippen LogP contribution in [0.3, 0.4) is 0 Å². The zero-order valence-corrected chi connectivity index (χ0v) is 14.5. The molecule has 0 radical (unpaired) electrons. The number of hydrogen-bond acceptors (Lipinski definition) is 4. The van der Waals surface area contributed by atoms with Gasteiger partial charge in [0.15, 0.2) is 0 Å². The Bertz CT molecular complexity index is 543. The summed E-state index contributed by atoms with van der Waals surface area (Å²) in [5.41, 5.74) is 1.36. The van der Waals surface area contributed by atoms with E-state index in [1.807, 2.05) is 12.1 Å². The van der Waals surface area contributed by atoms with Crippen molar-refractivity contribution in [1.29, 1.82) is 0 Å². The third-order valence-electron chi connectivity index (χ3n) is 4.97. The minimum Gasteiger partial charge on any atom is -0.399 e. The van der Waals surface area contributed by atoms with E-state index in [4.69, 9.17) is 20.9 Å². The van der Waals surface area contributed by atoms with Gasteiger partial charge in [0.1, 0.15) is 0 Å². The van der Waals surface area contributed by atoms with Crippen LogP contribution in [0.5, 0.6) is 0 Å². The number of piperazine rings is 1. The van der Waals surface area contributed by atoms with Gasteiger partial charge in [-0.15, -0.1) is 0 Å². The summed E-state index contributed by atoms with van der Waals surface area (Å²) in [5.74, 6) is 0. The highest BCUT2D eigenvalue weighted by Crippen LogP contribution is 2.37. The van der Waals surface area contributed by atoms with Gasteiger partial charge in [-0.05, 0) is 39.8 Å². The third kappa shape index (κ3) is 2.87. The Morgan fingerprint density at radius 1 is 1.09 bits per heavy atom. The molecule has 22 heavy (non-hydrogen) atoms. The fraction of sp³-hybridized carbons (Fsp3) is 0.625. The average Bonchev–Trinajstić information content (AvgIpc) is 2.68. The molecule has 2 aliphatic heterocycles. The molecular weight excluding hydrogens is 298 g/mol. The van der Waals surface area contributed by atoms with Crippen LogP contribution in [-0.4, -0.2) is 44.5 Å². The molecule has 2 fully saturated rings. The smallest absolute Gasteiger partial charge is 0.399 e. The van der Waals surface area contributed by atoms with Gasteiger partial charge in [0, 0.05) is 42.4 Å². The summed E-state index contributed by atoms with van der Waals surface area (Å²) in [5, 5.41) is 4.06. The van der Waals surface area contributed by atoms with Crippen molar-refractivity contribution in [3.8, 4) is 0 Å². The first-order valence-corrected chi connectivity index (χ1v) is 8.29. The van der Waals surface area contributed by atoms with Gasteiger partial charge in [-0.1, -0.05) is 17.7 Å². The van der Waals surface area contributed by atoms with Gasteiger partial charge in [0.25, 0.3) is 0 Å². The SMILES string of the molecule is CC1(C)OB(c2ccc(N3CCNCC3)cc2Cl)OC1(C)C. The van der Waals surface area contributed by atoms with E-state index in [-0.39, 0.29) is 11.2 Å². The number of benzene rings is 1. The van der Waals surface area contributed by atoms with Gasteiger partial charge in [-0.3, -0.25) is 0 Å². The van der Waals surface area contributed by atoms with Crippen LogP contribution in [0.2, 0.25) is 5.02 Å². The highest BCUT2D eigenvalue weighted by Gasteiger charge is 2.52. The summed E-state index contributed by atoms with van der Waals surface area (Å²) >= 11 is 6.51. The highest BCUT2D eigenvalue weighted by molar-refractivity contribution is 6.65. The van der Waals surface area contributed by atoms with Gasteiger partial charge in [-0.2, -0.15) is 0 Å². The number of halogens is 1. The zero-order chi connectivity index (χ0) is 16.0. The molecule has 0 saturated carbocycles. The first kappa shape index (κ1) is 16.1. The number of anilines is 1. The standard InChI is InChI=1S/C16H24BClN2O2/c1-15(2)16(3,4)22-17(21-15)13-6-5-12(11-14(13)18)20-9-7-19-8-10-20/h5-6,11,19H,7-10H2,1-4H3. The quantitative estimate of drug-likeness (QED) is 0.845. The molecule has 0 bridgehead atoms. The lowest BCUT2D eigenvalue weighted by Crippen LogP contribution is -2.43. The monoisotopic (exact) mass is 322 g/mol. The lowest BCUT2D eigenvalue weighted by atomic mass is 9.79. The van der Waals surface area contributed by atoms with Crippen molar-refractivity contribution in [3.63, 3.8) is 0 Å². The molecule has 2 heterocycles. The van der Waals surface area contributed by atoms with Crippen molar-refractivity contribution in [2.75, 3.05) is 31.1 Å². The molecule has 0 aromatic heterocycles. The lowest BCUT2D eigenvalue weighted by molar-refractivity contribution is 0.00578. The fourth-order valence-electron chi connectivity index (χ4n) is 2.80. The topological polar surface area (TPSA) is 33.7 Å². The van der Waals surface area contributed by atoms with Gasteiger partial charge < -0.3 is 19.5 Å². The number of rotatable bonds is 2. The summed E-state index contributed by atoms with van der Waals surface area (Å²) in [6, 6.07) is 6.16. The maximum absolute atomic E-state index is 6.51. The number of nitrogens with one attached hydrogen (secondary N) is 1. The molecular formula is C16H24BClN2O2. The Morgan fingerprint density at radius 3 is 2.23 bits per heavy atom. The van der Waals surface area contributed by atoms with E-state index >= 15 is 0 Å². The lowest BCUT2D eigenvalue weighted by Gasteiger charge is -2.32. The normalized spacial score (nSPS) is 23.9. The zero-order valence-electron chi connectivity index (χ0n) is 13.8. The van der Waals surface area contributed by atoms with E-state index in [9.17, 15) is 0 Å². The molecule has 1 aromatic carbocycles. The Kier molecular flexibility index (Phi) is 4.19. The number of hydrogen-bond donors (Lipinski definition) is 1. The van der Waals surface area contributed by atoms with Crippen molar-refractivity contribution in [2.24, 2.45) is 0 Å². The minimum absolute atomic E-state index is 0.349. The molecule has 0 aliphatic carbocycles. The molecule has 2 aliphatic rings. The van der Waals surface area contributed by atoms with Crippen LogP contribution in [0.25, 0.3) is 0 Å². The van der Waals surface area contributed by atoms with Crippen molar-refractivity contribution in [3.05, 3.63) is 23.2 Å². The van der Waals surface area contributed by atoms with Crippen molar-refractivity contribution in [1.82, 2.24) is 5.32 Å². The van der Waals surface area contributed by atoms with Crippen molar-refractivity contribution >= 4 is 29.9 Å². The van der Waals surface area contributed by atoms with Crippen LogP contribution < -0.4 is 15.7 Å². The second-order valence-electron chi connectivity index (χ2n) is 7.03. The van der Waals surface area contributed by atoms with E-state index in [2.05, 4.69) is 44.0 Å². The van der Waals surface area contributed by atoms with E-state index < -0.39 is 7.12 Å². The van der Waals surface area contributed by atoms with E-state index in [0.717, 1.165) is 37.3 Å². The first-order valence-electron chi connectivity index (χ1n) is 7.91. The van der Waals surface area contributed by atoms with Crippen molar-refractivity contribution < 1.29 is 9.31 Å². The summed E-state index contributed by atoms with van der Waals surface area (Å²) in [7, 11) is -0.408. The second-order valence-corrected chi connectivity index (χ2v) is 7.44. The summed E-state index contributed by atoms with van der Waals surface area (Å²) in [6.07, 6.45) is 0. The number of nitrogens with zero attached hydrogens (tertiary/aromatic N) is 1. The van der Waals surface area contributed by atoms with E-state index in [0.29, 0.717) is 5.02 Å². The molecule has 3 rings (SSSR count). The maximum Gasteiger partial charge on any atom is 0.496 e. The van der Waals surface area contributed by atoms with Gasteiger partial charge >= 0.3 is 7.12 Å². The largest absolute Gasteiger partial charge is 0.496 e. The summed E-state index contributed by atoms with van der Waals surface area (Å²) in [6.45, 7) is 12.2. The molecule has 2 saturated heterocycles. The molecule has 120 valence electrons. The molecule has 0 atom stereocenters. The fourth-order valence-corrected chi connectivity index (χ4v) is 3.06. The predicted octanol–water partition coefficient (Wildman–Crippen LogP) is 2.05. The van der Waals surface area contributed by atoms with E-state index in [1.54, 1.807) is 0 Å². The minimum atomic E-state index is -0.408. The van der Waals surface area contributed by atoms with Gasteiger partial charge in [0.2, 0.25) is 0 Å². The molecule has 1 aromatic rings. The average molecular weight is 323 g/mol. The molecule has 1 N–H and O–H groups in total. The predicted molar refractivity (Wildman–Crippen MR) is 92.3 cm³/mol.